The topological polar surface area (TPSA) is 65.0 Å². The fraction of sp³-hybridized carbons (Fsp3) is 0.286. The molecule has 1 saturated carbocycles. The van der Waals surface area contributed by atoms with Crippen molar-refractivity contribution in [2.75, 3.05) is 20.3 Å². The van der Waals surface area contributed by atoms with Crippen molar-refractivity contribution in [2.24, 2.45) is 5.92 Å². The second-order valence-corrected chi connectivity index (χ2v) is 6.63. The van der Waals surface area contributed by atoms with Gasteiger partial charge in [-0.3, -0.25) is 4.79 Å². The van der Waals surface area contributed by atoms with E-state index in [-0.39, 0.29) is 18.1 Å². The quantitative estimate of drug-likeness (QED) is 0.828. The van der Waals surface area contributed by atoms with Gasteiger partial charge in [-0.15, -0.1) is 0 Å². The van der Waals surface area contributed by atoms with Gasteiger partial charge in [0.05, 0.1) is 19.3 Å². The highest BCUT2D eigenvalue weighted by molar-refractivity contribution is 6.14. The summed E-state index contributed by atoms with van der Waals surface area (Å²) in [5.41, 5.74) is 1.87. The van der Waals surface area contributed by atoms with E-state index in [0.717, 1.165) is 5.56 Å². The molecule has 2 aliphatic rings. The Labute approximate surface area is 151 Å². The van der Waals surface area contributed by atoms with E-state index in [4.69, 9.17) is 14.2 Å². The fourth-order valence-electron chi connectivity index (χ4n) is 2.91. The molecule has 134 valence electrons. The Bertz CT molecular complexity index is 880. The number of carbonyl (C=O) groups excluding carboxylic acids is 1. The van der Waals surface area contributed by atoms with E-state index < -0.39 is 0 Å². The third kappa shape index (κ3) is 3.38. The molecule has 0 unspecified atom stereocenters. The van der Waals surface area contributed by atoms with Gasteiger partial charge in [0.25, 0.3) is 0 Å². The Balaban J connectivity index is 1.60. The van der Waals surface area contributed by atoms with Crippen LogP contribution in [0.2, 0.25) is 0 Å². The number of phenolic OH excluding ortho intramolecular Hbond substituents is 1. The Hall–Kier alpha value is -2.95. The first-order valence-corrected chi connectivity index (χ1v) is 8.66. The van der Waals surface area contributed by atoms with Crippen LogP contribution in [0.1, 0.15) is 28.8 Å². The van der Waals surface area contributed by atoms with E-state index in [2.05, 4.69) is 0 Å². The van der Waals surface area contributed by atoms with E-state index in [9.17, 15) is 9.90 Å². The second-order valence-electron chi connectivity index (χ2n) is 6.63. The maximum Gasteiger partial charge on any atom is 0.196 e. The SMILES string of the molecule is COc1ccc(/C=C2\COc3cc(O)ccc3C2=O)cc1OCC1CC1. The molecule has 0 atom stereocenters. The monoisotopic (exact) mass is 352 g/mol. The summed E-state index contributed by atoms with van der Waals surface area (Å²) in [7, 11) is 1.61. The molecule has 1 fully saturated rings. The summed E-state index contributed by atoms with van der Waals surface area (Å²) in [5, 5.41) is 9.52. The first-order chi connectivity index (χ1) is 12.6. The third-order valence-corrected chi connectivity index (χ3v) is 4.58. The van der Waals surface area contributed by atoms with Crippen molar-refractivity contribution in [1.29, 1.82) is 0 Å². The van der Waals surface area contributed by atoms with Gasteiger partial charge in [-0.25, -0.2) is 0 Å². The molecule has 5 nitrogen and oxygen atoms in total. The van der Waals surface area contributed by atoms with Crippen molar-refractivity contribution in [3.05, 3.63) is 53.1 Å². The highest BCUT2D eigenvalue weighted by Gasteiger charge is 2.24. The molecule has 1 heterocycles. The molecule has 0 amide bonds. The number of aromatic hydroxyl groups is 1. The van der Waals surface area contributed by atoms with Crippen molar-refractivity contribution in [3.8, 4) is 23.0 Å². The molecule has 1 N–H and O–H groups in total. The molecule has 5 heteroatoms. The van der Waals surface area contributed by atoms with Gasteiger partial charge in [0.1, 0.15) is 18.1 Å². The van der Waals surface area contributed by atoms with Crippen LogP contribution in [0, 0.1) is 5.92 Å². The van der Waals surface area contributed by atoms with Crippen molar-refractivity contribution in [1.82, 2.24) is 0 Å². The van der Waals surface area contributed by atoms with Gasteiger partial charge < -0.3 is 19.3 Å². The number of carbonyl (C=O) groups is 1. The van der Waals surface area contributed by atoms with Crippen molar-refractivity contribution >= 4 is 11.9 Å². The van der Waals surface area contributed by atoms with Crippen LogP contribution in [0.15, 0.2) is 42.0 Å². The van der Waals surface area contributed by atoms with Gasteiger partial charge in [0, 0.05) is 11.6 Å². The van der Waals surface area contributed by atoms with Crippen molar-refractivity contribution in [3.63, 3.8) is 0 Å². The van der Waals surface area contributed by atoms with Crippen LogP contribution in [-0.4, -0.2) is 31.2 Å². The average molecular weight is 352 g/mol. The van der Waals surface area contributed by atoms with Crippen molar-refractivity contribution < 1.29 is 24.1 Å². The van der Waals surface area contributed by atoms with Gasteiger partial charge in [-0.2, -0.15) is 0 Å². The number of fused-ring (bicyclic) bond motifs is 1. The summed E-state index contributed by atoms with van der Waals surface area (Å²) >= 11 is 0. The number of Topliss-reactive ketones (excluding diaryl/α,β-unsaturated/α-hetero) is 1. The molecule has 4 rings (SSSR count). The first kappa shape index (κ1) is 16.5. The Morgan fingerprint density at radius 2 is 2.04 bits per heavy atom. The Morgan fingerprint density at radius 1 is 1.19 bits per heavy atom. The van der Waals surface area contributed by atoms with Crippen molar-refractivity contribution in [2.45, 2.75) is 12.8 Å². The highest BCUT2D eigenvalue weighted by Crippen LogP contribution is 2.35. The number of benzene rings is 2. The normalized spacial score (nSPS) is 17.6. The van der Waals surface area contributed by atoms with Crippen LogP contribution in [0.25, 0.3) is 6.08 Å². The minimum Gasteiger partial charge on any atom is -0.508 e. The highest BCUT2D eigenvalue weighted by atomic mass is 16.5. The van der Waals surface area contributed by atoms with Gasteiger partial charge >= 0.3 is 0 Å². The number of hydrogen-bond donors (Lipinski definition) is 1. The number of hydrogen-bond acceptors (Lipinski definition) is 5. The van der Waals surface area contributed by atoms with Crippen LogP contribution in [-0.2, 0) is 0 Å². The zero-order chi connectivity index (χ0) is 18.1. The summed E-state index contributed by atoms with van der Waals surface area (Å²) in [6, 6.07) is 10.1. The van der Waals surface area contributed by atoms with Crippen LogP contribution < -0.4 is 14.2 Å². The minimum atomic E-state index is -0.0949. The number of rotatable bonds is 5. The molecule has 1 aliphatic heterocycles. The number of methoxy groups -OCH3 is 1. The molecule has 0 spiro atoms. The lowest BCUT2D eigenvalue weighted by molar-refractivity contribution is 0.100. The molecule has 0 saturated heterocycles. The van der Waals surface area contributed by atoms with Gasteiger partial charge in [0.2, 0.25) is 0 Å². The summed E-state index contributed by atoms with van der Waals surface area (Å²) in [4.78, 5) is 12.7. The number of ketones is 1. The molecule has 2 aromatic carbocycles. The van der Waals surface area contributed by atoms with E-state index in [1.807, 2.05) is 24.3 Å². The van der Waals surface area contributed by atoms with Gasteiger partial charge in [0.15, 0.2) is 17.3 Å². The van der Waals surface area contributed by atoms with E-state index >= 15 is 0 Å². The number of ether oxygens (including phenoxy) is 3. The van der Waals surface area contributed by atoms with Gasteiger partial charge in [-0.1, -0.05) is 6.07 Å². The lowest BCUT2D eigenvalue weighted by Crippen LogP contribution is -2.18. The first-order valence-electron chi connectivity index (χ1n) is 8.66. The second kappa shape index (κ2) is 6.75. The summed E-state index contributed by atoms with van der Waals surface area (Å²) in [5.74, 6) is 2.40. The molecule has 26 heavy (non-hydrogen) atoms. The zero-order valence-electron chi connectivity index (χ0n) is 14.5. The number of phenols is 1. The van der Waals surface area contributed by atoms with E-state index in [1.165, 1.54) is 25.0 Å². The average Bonchev–Trinajstić information content (AvgIpc) is 3.47. The third-order valence-electron chi connectivity index (χ3n) is 4.58. The molecule has 2 aromatic rings. The summed E-state index contributed by atoms with van der Waals surface area (Å²) < 4.78 is 16.9. The predicted octanol–water partition coefficient (Wildman–Crippen LogP) is 3.85. The lowest BCUT2D eigenvalue weighted by Gasteiger charge is -2.19. The minimum absolute atomic E-state index is 0.0802. The van der Waals surface area contributed by atoms with E-state index in [0.29, 0.717) is 40.9 Å². The lowest BCUT2D eigenvalue weighted by atomic mass is 9.98. The maximum absolute atomic E-state index is 12.7. The predicted molar refractivity (Wildman–Crippen MR) is 97.1 cm³/mol. The molecular weight excluding hydrogens is 332 g/mol. The van der Waals surface area contributed by atoms with E-state index in [1.54, 1.807) is 13.2 Å². The summed E-state index contributed by atoms with van der Waals surface area (Å²) in [6.45, 7) is 0.856. The van der Waals surface area contributed by atoms with Gasteiger partial charge in [-0.05, 0) is 54.7 Å². The van der Waals surface area contributed by atoms with Crippen LogP contribution in [0.5, 0.6) is 23.0 Å². The molecule has 1 aliphatic carbocycles. The smallest absolute Gasteiger partial charge is 0.196 e. The van der Waals surface area contributed by atoms with Crippen LogP contribution >= 0.6 is 0 Å². The molecule has 0 aromatic heterocycles. The van der Waals surface area contributed by atoms with Crippen LogP contribution in [0.3, 0.4) is 0 Å². The Kier molecular flexibility index (Phi) is 4.29. The molecule has 0 bridgehead atoms. The maximum atomic E-state index is 12.7. The van der Waals surface area contributed by atoms with Crippen LogP contribution in [0.4, 0.5) is 0 Å². The standard InChI is InChI=1S/C21H20O5/c1-24-18-7-4-14(9-20(18)25-11-13-2-3-13)8-15-12-26-19-10-16(22)5-6-17(19)21(15)23/h4-10,13,22H,2-3,11-12H2,1H3/b15-8+. The summed E-state index contributed by atoms with van der Waals surface area (Å²) in [6.07, 6.45) is 4.24. The largest absolute Gasteiger partial charge is 0.508 e. The zero-order valence-corrected chi connectivity index (χ0v) is 14.5. The fourth-order valence-corrected chi connectivity index (χ4v) is 2.91. The Morgan fingerprint density at radius 3 is 2.81 bits per heavy atom. The molecule has 0 radical (unpaired) electrons. The molecular formula is C21H20O5.